The summed E-state index contributed by atoms with van der Waals surface area (Å²) in [4.78, 5) is 62.5. The zero-order valence-electron chi connectivity index (χ0n) is 29.6. The minimum atomic E-state index is -1.03. The maximum absolute atomic E-state index is 13.2. The van der Waals surface area contributed by atoms with Gasteiger partial charge < -0.3 is 40.3 Å². The molecule has 0 aliphatic carbocycles. The molecule has 12 nitrogen and oxygen atoms in total. The number of amides is 4. The van der Waals surface area contributed by atoms with Crippen molar-refractivity contribution in [2.45, 2.75) is 123 Å². The predicted molar refractivity (Wildman–Crippen MR) is 181 cm³/mol. The van der Waals surface area contributed by atoms with Crippen LogP contribution in [0.25, 0.3) is 0 Å². The number of carbonyl (C=O) groups excluding carboxylic acids is 5. The second kappa shape index (κ2) is 21.4. The Hall–Kier alpha value is -3.51. The van der Waals surface area contributed by atoms with Crippen LogP contribution in [0.2, 0.25) is 0 Å². The molecule has 1 aromatic rings. The molecule has 4 amide bonds. The third kappa shape index (κ3) is 14.0. The molecule has 12 heteroatoms. The van der Waals surface area contributed by atoms with E-state index >= 15 is 0 Å². The zero-order valence-corrected chi connectivity index (χ0v) is 29.6. The number of carbonyl (C=O) groups is 5. The molecule has 0 aliphatic heterocycles. The van der Waals surface area contributed by atoms with Crippen LogP contribution in [0.15, 0.2) is 30.3 Å². The molecule has 0 aliphatic rings. The number of nitrogens with one attached hydrogen (secondary N) is 4. The van der Waals surface area contributed by atoms with Gasteiger partial charge in [0.2, 0.25) is 17.7 Å². The van der Waals surface area contributed by atoms with E-state index in [-0.39, 0.29) is 24.5 Å². The Balaban J connectivity index is 2.81. The Kier molecular flexibility index (Phi) is 18.9. The highest BCUT2D eigenvalue weighted by Crippen LogP contribution is 2.29. The number of methoxy groups -OCH3 is 1. The van der Waals surface area contributed by atoms with Crippen molar-refractivity contribution in [1.82, 2.24) is 21.3 Å². The van der Waals surface area contributed by atoms with E-state index in [2.05, 4.69) is 35.1 Å². The van der Waals surface area contributed by atoms with Crippen LogP contribution >= 0.6 is 0 Å². The summed E-state index contributed by atoms with van der Waals surface area (Å²) in [5.74, 6) is -1.77. The van der Waals surface area contributed by atoms with E-state index in [0.717, 1.165) is 31.2 Å². The summed E-state index contributed by atoms with van der Waals surface area (Å²) < 4.78 is 17.7. The number of alkyl carbamates (subject to hydrolysis) is 1. The minimum absolute atomic E-state index is 0.0590. The van der Waals surface area contributed by atoms with Crippen molar-refractivity contribution in [1.29, 1.82) is 0 Å². The normalized spacial score (nSPS) is 14.2. The average Bonchev–Trinajstić information content (AvgIpc) is 3.09. The molecule has 1 aromatic carbocycles. The first-order valence-electron chi connectivity index (χ1n) is 16.9. The van der Waals surface area contributed by atoms with Crippen LogP contribution in [0, 0.1) is 5.92 Å². The Morgan fingerprint density at radius 2 is 1.47 bits per heavy atom. The molecule has 0 radical (unpaired) electrons. The standard InChI is InChI=1S/C35H58N4O8/c1-9-25(6)29(23-40)38-31(42)26(7)37-30(41)22-36-32(43)28(21-27-17-15-14-16-18-27)39-33(44)46-20-19-34(10-2,11-3)47-24-35(12-4,13-5)45-8/h14-18,23,25-26,28-29H,9-13,19-22,24H2,1-8H3,(H,36,43)(H,37,41)(H,38,42)(H,39,44)/t25?,26-,28-,29?/m0/s1. The van der Waals surface area contributed by atoms with Crippen molar-refractivity contribution in [3.8, 4) is 0 Å². The summed E-state index contributed by atoms with van der Waals surface area (Å²) in [6.45, 7) is 13.5. The van der Waals surface area contributed by atoms with Gasteiger partial charge in [-0.1, -0.05) is 78.3 Å². The molecular formula is C35H58N4O8. The van der Waals surface area contributed by atoms with E-state index in [9.17, 15) is 24.0 Å². The summed E-state index contributed by atoms with van der Waals surface area (Å²) in [5.41, 5.74) is -0.0782. The molecule has 0 aromatic heterocycles. The summed E-state index contributed by atoms with van der Waals surface area (Å²) in [6, 6.07) is 6.51. The van der Waals surface area contributed by atoms with Crippen molar-refractivity contribution in [3.05, 3.63) is 35.9 Å². The Labute approximate surface area is 280 Å². The van der Waals surface area contributed by atoms with Crippen LogP contribution in [-0.4, -0.2) is 86.3 Å². The van der Waals surface area contributed by atoms with Gasteiger partial charge in [-0.2, -0.15) is 0 Å². The van der Waals surface area contributed by atoms with E-state index in [0.29, 0.717) is 25.7 Å². The fourth-order valence-electron chi connectivity index (χ4n) is 5.04. The number of hydrogen-bond acceptors (Lipinski definition) is 8. The van der Waals surface area contributed by atoms with Gasteiger partial charge in [0.25, 0.3) is 0 Å². The van der Waals surface area contributed by atoms with E-state index in [1.54, 1.807) is 7.11 Å². The van der Waals surface area contributed by atoms with Crippen LogP contribution in [0.5, 0.6) is 0 Å². The van der Waals surface area contributed by atoms with Gasteiger partial charge >= 0.3 is 6.09 Å². The number of aldehydes is 1. The monoisotopic (exact) mass is 662 g/mol. The number of hydrogen-bond donors (Lipinski definition) is 4. The molecule has 0 fully saturated rings. The zero-order chi connectivity index (χ0) is 35.5. The number of rotatable bonds is 23. The number of ether oxygens (including phenoxy) is 3. The lowest BCUT2D eigenvalue weighted by Gasteiger charge is -2.38. The summed E-state index contributed by atoms with van der Waals surface area (Å²) in [6.07, 6.45) is 4.29. The lowest BCUT2D eigenvalue weighted by molar-refractivity contribution is -0.144. The molecule has 0 bridgehead atoms. The van der Waals surface area contributed by atoms with Crippen LogP contribution < -0.4 is 21.3 Å². The first-order chi connectivity index (χ1) is 22.4. The quantitative estimate of drug-likeness (QED) is 0.129. The maximum atomic E-state index is 13.2. The van der Waals surface area contributed by atoms with Crippen molar-refractivity contribution in [2.75, 3.05) is 26.9 Å². The first-order valence-corrected chi connectivity index (χ1v) is 16.9. The molecular weight excluding hydrogens is 604 g/mol. The summed E-state index contributed by atoms with van der Waals surface area (Å²) >= 11 is 0. The molecule has 0 saturated heterocycles. The van der Waals surface area contributed by atoms with E-state index < -0.39 is 54.1 Å². The molecule has 1 rings (SSSR count). The molecule has 0 heterocycles. The molecule has 4 N–H and O–H groups in total. The lowest BCUT2D eigenvalue weighted by atomic mass is 9.92. The fraction of sp³-hybridized carbons (Fsp3) is 0.686. The van der Waals surface area contributed by atoms with Gasteiger partial charge in [-0.3, -0.25) is 14.4 Å². The third-order valence-electron chi connectivity index (χ3n) is 9.24. The van der Waals surface area contributed by atoms with Gasteiger partial charge in [0.05, 0.1) is 37.0 Å². The van der Waals surface area contributed by atoms with Gasteiger partial charge in [0.15, 0.2) is 0 Å². The van der Waals surface area contributed by atoms with Gasteiger partial charge in [-0.15, -0.1) is 0 Å². The molecule has 266 valence electrons. The smallest absolute Gasteiger partial charge is 0.407 e. The largest absolute Gasteiger partial charge is 0.449 e. The minimum Gasteiger partial charge on any atom is -0.449 e. The van der Waals surface area contributed by atoms with E-state index in [1.165, 1.54) is 6.92 Å². The van der Waals surface area contributed by atoms with Crippen LogP contribution in [0.3, 0.4) is 0 Å². The summed E-state index contributed by atoms with van der Waals surface area (Å²) in [7, 11) is 1.69. The molecule has 47 heavy (non-hydrogen) atoms. The molecule has 0 saturated carbocycles. The van der Waals surface area contributed by atoms with Crippen molar-refractivity contribution in [3.63, 3.8) is 0 Å². The van der Waals surface area contributed by atoms with Crippen molar-refractivity contribution in [2.24, 2.45) is 5.92 Å². The van der Waals surface area contributed by atoms with Gasteiger partial charge in [-0.25, -0.2) is 4.79 Å². The topological polar surface area (TPSA) is 161 Å². The van der Waals surface area contributed by atoms with Crippen molar-refractivity contribution >= 4 is 30.1 Å². The van der Waals surface area contributed by atoms with Gasteiger partial charge in [-0.05, 0) is 44.1 Å². The van der Waals surface area contributed by atoms with Crippen LogP contribution in [0.1, 0.15) is 92.6 Å². The highest BCUT2D eigenvalue weighted by molar-refractivity contribution is 5.92. The maximum Gasteiger partial charge on any atom is 0.407 e. The van der Waals surface area contributed by atoms with Gasteiger partial charge in [0, 0.05) is 20.0 Å². The van der Waals surface area contributed by atoms with Crippen LogP contribution in [0.4, 0.5) is 4.79 Å². The van der Waals surface area contributed by atoms with Crippen LogP contribution in [-0.2, 0) is 39.8 Å². The Bertz CT molecular complexity index is 1100. The third-order valence-corrected chi connectivity index (χ3v) is 9.24. The average molecular weight is 663 g/mol. The predicted octanol–water partition coefficient (Wildman–Crippen LogP) is 3.85. The second-order valence-electron chi connectivity index (χ2n) is 12.1. The van der Waals surface area contributed by atoms with Crippen molar-refractivity contribution < 1.29 is 38.2 Å². The highest BCUT2D eigenvalue weighted by Gasteiger charge is 2.34. The fourth-order valence-corrected chi connectivity index (χ4v) is 5.04. The molecule has 4 atom stereocenters. The highest BCUT2D eigenvalue weighted by atomic mass is 16.6. The van der Waals surface area contributed by atoms with E-state index in [4.69, 9.17) is 14.2 Å². The molecule has 2 unspecified atom stereocenters. The first kappa shape index (κ1) is 41.5. The van der Waals surface area contributed by atoms with Gasteiger partial charge in [0.1, 0.15) is 18.4 Å². The molecule has 0 spiro atoms. The second-order valence-corrected chi connectivity index (χ2v) is 12.1. The lowest BCUT2D eigenvalue weighted by Crippen LogP contribution is -2.53. The Morgan fingerprint density at radius 1 is 0.851 bits per heavy atom. The summed E-state index contributed by atoms with van der Waals surface area (Å²) in [5, 5.41) is 10.3. The SMILES string of the molecule is CCC(C)C(C=O)NC(=O)[C@H](C)NC(=O)CNC(=O)[C@H](Cc1ccccc1)NC(=O)OCCC(CC)(CC)OCC(CC)(CC)OC. The van der Waals surface area contributed by atoms with E-state index in [1.807, 2.05) is 58.0 Å². The number of benzene rings is 1. The Morgan fingerprint density at radius 3 is 2.00 bits per heavy atom.